The minimum atomic E-state index is -0.313. The van der Waals surface area contributed by atoms with E-state index in [1.54, 1.807) is 11.9 Å². The molecule has 6 nitrogen and oxygen atoms in total. The highest BCUT2D eigenvalue weighted by atomic mass is 16.2. The zero-order valence-electron chi connectivity index (χ0n) is 7.96. The van der Waals surface area contributed by atoms with Crippen LogP contribution in [-0.2, 0) is 9.59 Å². The summed E-state index contributed by atoms with van der Waals surface area (Å²) < 4.78 is 0. The highest BCUT2D eigenvalue weighted by molar-refractivity contribution is 5.80. The molecule has 0 aliphatic rings. The second-order valence-corrected chi connectivity index (χ2v) is 2.69. The maximum atomic E-state index is 11.0. The molecule has 0 heterocycles. The molecule has 0 unspecified atom stereocenters. The van der Waals surface area contributed by atoms with E-state index >= 15 is 0 Å². The maximum Gasteiger partial charge on any atom is 0.248 e. The van der Waals surface area contributed by atoms with Crippen molar-refractivity contribution >= 4 is 11.8 Å². The maximum absolute atomic E-state index is 11.0. The Labute approximate surface area is 77.4 Å². The molecule has 0 rings (SSSR count). The Hall–Kier alpha value is -1.14. The van der Waals surface area contributed by atoms with Crippen molar-refractivity contribution in [1.29, 1.82) is 0 Å². The molecule has 0 spiro atoms. The Morgan fingerprint density at radius 2 is 1.85 bits per heavy atom. The van der Waals surface area contributed by atoms with E-state index in [1.807, 2.05) is 12.3 Å². The molecule has 76 valence electrons. The first-order valence-electron chi connectivity index (χ1n) is 4.04. The number of hydrogen-bond donors (Lipinski definition) is 3. The van der Waals surface area contributed by atoms with E-state index in [0.717, 1.165) is 0 Å². The summed E-state index contributed by atoms with van der Waals surface area (Å²) in [6.07, 6.45) is 0. The van der Waals surface area contributed by atoms with E-state index in [9.17, 15) is 9.59 Å². The molecule has 6 heteroatoms. The average molecular weight is 188 g/mol. The summed E-state index contributed by atoms with van der Waals surface area (Å²) in [5.74, 6) is 4.47. The van der Waals surface area contributed by atoms with Gasteiger partial charge < -0.3 is 5.32 Å². The largest absolute Gasteiger partial charge is 0.355 e. The number of amides is 2. The van der Waals surface area contributed by atoms with Gasteiger partial charge in [0.15, 0.2) is 0 Å². The zero-order valence-corrected chi connectivity index (χ0v) is 7.96. The third-order valence-electron chi connectivity index (χ3n) is 1.36. The van der Waals surface area contributed by atoms with Crippen molar-refractivity contribution in [1.82, 2.24) is 15.6 Å². The van der Waals surface area contributed by atoms with Gasteiger partial charge in [0.25, 0.3) is 0 Å². The number of nitrogens with zero attached hydrogens (tertiary/aromatic N) is 1. The second-order valence-electron chi connectivity index (χ2n) is 2.69. The van der Waals surface area contributed by atoms with Gasteiger partial charge in [-0.15, -0.1) is 0 Å². The molecule has 0 bridgehead atoms. The molecule has 0 aromatic heterocycles. The van der Waals surface area contributed by atoms with Gasteiger partial charge in [-0.25, -0.2) is 5.84 Å². The summed E-state index contributed by atoms with van der Waals surface area (Å²) in [6.45, 7) is 2.75. The van der Waals surface area contributed by atoms with Gasteiger partial charge in [0.05, 0.1) is 13.1 Å². The van der Waals surface area contributed by atoms with Gasteiger partial charge in [0.1, 0.15) is 0 Å². The number of carbonyl (C=O) groups excluding carboxylic acids is 2. The average Bonchev–Trinajstić information content (AvgIpc) is 2.04. The lowest BCUT2D eigenvalue weighted by atomic mass is 10.4. The Balaban J connectivity index is 3.67. The summed E-state index contributed by atoms with van der Waals surface area (Å²) in [6, 6.07) is 0. The summed E-state index contributed by atoms with van der Waals surface area (Å²) in [4.78, 5) is 23.3. The van der Waals surface area contributed by atoms with Gasteiger partial charge in [-0.3, -0.25) is 19.9 Å². The van der Waals surface area contributed by atoms with Gasteiger partial charge in [-0.2, -0.15) is 0 Å². The summed E-state index contributed by atoms with van der Waals surface area (Å²) in [5, 5.41) is 2.62. The number of hydrazine groups is 1. The summed E-state index contributed by atoms with van der Waals surface area (Å²) in [7, 11) is 1.67. The Morgan fingerprint density at radius 3 is 2.31 bits per heavy atom. The molecule has 0 atom stereocenters. The number of carbonyl (C=O) groups is 2. The Kier molecular flexibility index (Phi) is 5.82. The minimum absolute atomic E-state index is 0.102. The normalized spacial score (nSPS) is 9.85. The van der Waals surface area contributed by atoms with Crippen LogP contribution in [0.15, 0.2) is 0 Å². The van der Waals surface area contributed by atoms with E-state index in [-0.39, 0.29) is 24.9 Å². The van der Waals surface area contributed by atoms with Crippen LogP contribution in [0.5, 0.6) is 0 Å². The van der Waals surface area contributed by atoms with Gasteiger partial charge in [0, 0.05) is 6.54 Å². The molecule has 4 N–H and O–H groups in total. The summed E-state index contributed by atoms with van der Waals surface area (Å²) >= 11 is 0. The molecule has 0 saturated carbocycles. The molecule has 2 amide bonds. The summed E-state index contributed by atoms with van der Waals surface area (Å²) in [5.41, 5.74) is 1.99. The number of likely N-dealkylation sites (N-methyl/N-ethyl adjacent to an activating group) is 2. The highest BCUT2D eigenvalue weighted by Gasteiger charge is 2.08. The first kappa shape index (κ1) is 11.9. The molecular weight excluding hydrogens is 172 g/mol. The third-order valence-corrected chi connectivity index (χ3v) is 1.36. The lowest BCUT2D eigenvalue weighted by Crippen LogP contribution is -2.42. The fourth-order valence-electron chi connectivity index (χ4n) is 0.845. The monoisotopic (exact) mass is 188 g/mol. The van der Waals surface area contributed by atoms with Crippen LogP contribution in [0.25, 0.3) is 0 Å². The molecule has 0 fully saturated rings. The minimum Gasteiger partial charge on any atom is -0.355 e. The molecule has 0 aliphatic heterocycles. The van der Waals surface area contributed by atoms with Crippen LogP contribution < -0.4 is 16.6 Å². The number of rotatable bonds is 5. The number of nitrogens with two attached hydrogens (primary N) is 1. The van der Waals surface area contributed by atoms with Gasteiger partial charge in [-0.1, -0.05) is 0 Å². The molecule has 0 aromatic rings. The van der Waals surface area contributed by atoms with E-state index in [4.69, 9.17) is 5.84 Å². The molecule has 0 radical (unpaired) electrons. The predicted molar refractivity (Wildman–Crippen MR) is 48.5 cm³/mol. The van der Waals surface area contributed by atoms with Gasteiger partial charge in [0.2, 0.25) is 11.8 Å². The third kappa shape index (κ3) is 6.06. The van der Waals surface area contributed by atoms with Gasteiger partial charge >= 0.3 is 0 Å². The van der Waals surface area contributed by atoms with Crippen molar-refractivity contribution in [3.63, 3.8) is 0 Å². The SMILES string of the molecule is CCNC(=O)CN(C)CC(=O)NN. The number of hydrogen-bond acceptors (Lipinski definition) is 4. The lowest BCUT2D eigenvalue weighted by molar-refractivity contribution is -0.124. The molecule has 13 heavy (non-hydrogen) atoms. The van der Waals surface area contributed by atoms with Crippen molar-refractivity contribution in [3.8, 4) is 0 Å². The van der Waals surface area contributed by atoms with Crippen LogP contribution in [0.1, 0.15) is 6.92 Å². The van der Waals surface area contributed by atoms with Crippen molar-refractivity contribution in [2.24, 2.45) is 5.84 Å². The zero-order chi connectivity index (χ0) is 10.3. The number of nitrogens with one attached hydrogen (secondary N) is 2. The fraction of sp³-hybridized carbons (Fsp3) is 0.714. The van der Waals surface area contributed by atoms with E-state index in [2.05, 4.69) is 5.32 Å². The van der Waals surface area contributed by atoms with Crippen LogP contribution in [0.4, 0.5) is 0 Å². The fourth-order valence-corrected chi connectivity index (χ4v) is 0.845. The van der Waals surface area contributed by atoms with E-state index in [1.165, 1.54) is 0 Å². The molecule has 0 aromatic carbocycles. The second kappa shape index (κ2) is 6.38. The quantitative estimate of drug-likeness (QED) is 0.266. The van der Waals surface area contributed by atoms with Crippen LogP contribution in [0.3, 0.4) is 0 Å². The van der Waals surface area contributed by atoms with Crippen LogP contribution in [0.2, 0.25) is 0 Å². The van der Waals surface area contributed by atoms with E-state index in [0.29, 0.717) is 6.54 Å². The Morgan fingerprint density at radius 1 is 1.31 bits per heavy atom. The lowest BCUT2D eigenvalue weighted by Gasteiger charge is -2.14. The molecular formula is C7H16N4O2. The topological polar surface area (TPSA) is 87.5 Å². The van der Waals surface area contributed by atoms with Crippen molar-refractivity contribution in [2.45, 2.75) is 6.92 Å². The Bertz CT molecular complexity index is 183. The van der Waals surface area contributed by atoms with Crippen molar-refractivity contribution in [2.75, 3.05) is 26.7 Å². The first-order chi connectivity index (χ1) is 6.10. The molecule has 0 saturated heterocycles. The van der Waals surface area contributed by atoms with Crippen molar-refractivity contribution in [3.05, 3.63) is 0 Å². The van der Waals surface area contributed by atoms with E-state index < -0.39 is 0 Å². The van der Waals surface area contributed by atoms with Crippen LogP contribution in [0, 0.1) is 0 Å². The first-order valence-corrected chi connectivity index (χ1v) is 4.04. The van der Waals surface area contributed by atoms with Crippen LogP contribution in [-0.4, -0.2) is 43.4 Å². The van der Waals surface area contributed by atoms with Crippen molar-refractivity contribution < 1.29 is 9.59 Å². The van der Waals surface area contributed by atoms with Crippen LogP contribution >= 0.6 is 0 Å². The van der Waals surface area contributed by atoms with Gasteiger partial charge in [-0.05, 0) is 14.0 Å². The smallest absolute Gasteiger partial charge is 0.248 e. The predicted octanol–water partition coefficient (Wildman–Crippen LogP) is -1.96. The highest BCUT2D eigenvalue weighted by Crippen LogP contribution is 1.80. The standard InChI is InChI=1S/C7H16N4O2/c1-3-9-6(12)4-11(2)5-7(13)10-8/h3-5,8H2,1-2H3,(H,9,12)(H,10,13). The molecule has 0 aliphatic carbocycles.